The van der Waals surface area contributed by atoms with Crippen LogP contribution < -0.4 is 9.47 Å². The van der Waals surface area contributed by atoms with Gasteiger partial charge in [-0.25, -0.2) is 9.18 Å². The van der Waals surface area contributed by atoms with Gasteiger partial charge in [-0.2, -0.15) is 0 Å². The predicted molar refractivity (Wildman–Crippen MR) is 70.7 cm³/mol. The third-order valence-electron chi connectivity index (χ3n) is 2.76. The van der Waals surface area contributed by atoms with E-state index in [0.29, 0.717) is 11.3 Å². The highest BCUT2D eigenvalue weighted by molar-refractivity contribution is 5.91. The van der Waals surface area contributed by atoms with Crippen molar-refractivity contribution < 1.29 is 23.8 Å². The first-order valence-corrected chi connectivity index (χ1v) is 5.89. The Bertz CT molecular complexity index is 625. The molecule has 0 radical (unpaired) electrons. The molecule has 0 heterocycles. The van der Waals surface area contributed by atoms with Crippen molar-refractivity contribution in [3.05, 3.63) is 59.4 Å². The number of carbonyl (C=O) groups is 1. The van der Waals surface area contributed by atoms with Crippen molar-refractivity contribution in [1.82, 2.24) is 0 Å². The number of benzene rings is 2. The molecule has 0 fully saturated rings. The molecular formula is C15H13FO4. The molecule has 0 aromatic heterocycles. The van der Waals surface area contributed by atoms with E-state index in [1.54, 1.807) is 24.3 Å². The number of rotatable bonds is 5. The van der Waals surface area contributed by atoms with Crippen molar-refractivity contribution in [1.29, 1.82) is 0 Å². The minimum atomic E-state index is -1.13. The summed E-state index contributed by atoms with van der Waals surface area (Å²) in [7, 11) is 1.45. The lowest BCUT2D eigenvalue weighted by Gasteiger charge is -2.11. The Morgan fingerprint density at radius 3 is 2.65 bits per heavy atom. The van der Waals surface area contributed by atoms with Crippen LogP contribution in [0.2, 0.25) is 0 Å². The van der Waals surface area contributed by atoms with E-state index >= 15 is 0 Å². The number of carboxylic acids is 1. The molecule has 0 aliphatic heterocycles. The van der Waals surface area contributed by atoms with Gasteiger partial charge >= 0.3 is 5.97 Å². The van der Waals surface area contributed by atoms with Gasteiger partial charge in [0.25, 0.3) is 0 Å². The van der Waals surface area contributed by atoms with Gasteiger partial charge in [0.15, 0.2) is 0 Å². The van der Waals surface area contributed by atoms with Crippen LogP contribution in [-0.4, -0.2) is 18.2 Å². The molecule has 0 aliphatic rings. The van der Waals surface area contributed by atoms with Crippen molar-refractivity contribution in [3.63, 3.8) is 0 Å². The van der Waals surface area contributed by atoms with Crippen LogP contribution in [-0.2, 0) is 6.61 Å². The molecule has 0 amide bonds. The van der Waals surface area contributed by atoms with Crippen LogP contribution in [0.1, 0.15) is 15.9 Å². The van der Waals surface area contributed by atoms with E-state index in [2.05, 4.69) is 0 Å². The highest BCUT2D eigenvalue weighted by atomic mass is 19.1. The minimum Gasteiger partial charge on any atom is -0.497 e. The highest BCUT2D eigenvalue weighted by Gasteiger charge is 2.13. The van der Waals surface area contributed by atoms with E-state index in [1.807, 2.05) is 0 Å². The summed E-state index contributed by atoms with van der Waals surface area (Å²) < 4.78 is 23.8. The number of hydrogen-bond acceptors (Lipinski definition) is 3. The van der Waals surface area contributed by atoms with Gasteiger partial charge < -0.3 is 14.6 Å². The molecule has 1 N–H and O–H groups in total. The Balaban J connectivity index is 2.21. The quantitative estimate of drug-likeness (QED) is 0.911. The molecule has 0 spiro atoms. The van der Waals surface area contributed by atoms with Crippen LogP contribution in [0.4, 0.5) is 4.39 Å². The molecule has 20 heavy (non-hydrogen) atoms. The molecular weight excluding hydrogens is 263 g/mol. The fraction of sp³-hybridized carbons (Fsp3) is 0.133. The molecule has 0 bridgehead atoms. The summed E-state index contributed by atoms with van der Waals surface area (Å²) in [5.74, 6) is -0.937. The van der Waals surface area contributed by atoms with Gasteiger partial charge in [0.05, 0.1) is 7.11 Å². The van der Waals surface area contributed by atoms with E-state index in [4.69, 9.17) is 14.6 Å². The molecule has 2 aromatic rings. The summed E-state index contributed by atoms with van der Waals surface area (Å²) in [5.41, 5.74) is 0.334. The van der Waals surface area contributed by atoms with E-state index in [1.165, 1.54) is 25.3 Å². The van der Waals surface area contributed by atoms with Gasteiger partial charge in [-0.1, -0.05) is 18.2 Å². The first-order valence-electron chi connectivity index (χ1n) is 5.89. The Morgan fingerprint density at radius 2 is 2.00 bits per heavy atom. The fourth-order valence-electron chi connectivity index (χ4n) is 1.70. The Morgan fingerprint density at radius 1 is 1.25 bits per heavy atom. The number of halogens is 1. The molecule has 2 rings (SSSR count). The highest BCUT2D eigenvalue weighted by Crippen LogP contribution is 2.25. The maximum absolute atomic E-state index is 13.5. The molecule has 0 saturated heterocycles. The van der Waals surface area contributed by atoms with Crippen molar-refractivity contribution in [3.8, 4) is 11.5 Å². The topological polar surface area (TPSA) is 55.8 Å². The van der Waals surface area contributed by atoms with Gasteiger partial charge in [0, 0.05) is 5.56 Å². The molecule has 0 aliphatic carbocycles. The second kappa shape index (κ2) is 6.06. The third kappa shape index (κ3) is 3.06. The summed E-state index contributed by atoms with van der Waals surface area (Å²) in [6, 6.07) is 10.6. The lowest BCUT2D eigenvalue weighted by atomic mass is 10.2. The molecule has 0 saturated carbocycles. The monoisotopic (exact) mass is 276 g/mol. The molecule has 0 atom stereocenters. The Hall–Kier alpha value is -2.56. The van der Waals surface area contributed by atoms with E-state index < -0.39 is 11.8 Å². The normalized spacial score (nSPS) is 10.1. The summed E-state index contributed by atoms with van der Waals surface area (Å²) in [6.07, 6.45) is 0. The van der Waals surface area contributed by atoms with Crippen LogP contribution in [0.25, 0.3) is 0 Å². The van der Waals surface area contributed by atoms with Gasteiger partial charge in [0.2, 0.25) is 0 Å². The van der Waals surface area contributed by atoms with E-state index in [9.17, 15) is 9.18 Å². The maximum Gasteiger partial charge on any atom is 0.339 e. The smallest absolute Gasteiger partial charge is 0.339 e. The van der Waals surface area contributed by atoms with Gasteiger partial charge in [-0.3, -0.25) is 0 Å². The average molecular weight is 276 g/mol. The van der Waals surface area contributed by atoms with E-state index in [0.717, 1.165) is 0 Å². The van der Waals surface area contributed by atoms with Crippen LogP contribution >= 0.6 is 0 Å². The number of methoxy groups -OCH3 is 1. The van der Waals surface area contributed by atoms with Crippen LogP contribution in [0, 0.1) is 5.82 Å². The predicted octanol–water partition coefficient (Wildman–Crippen LogP) is 3.11. The SMILES string of the molecule is COc1ccc(OCc2ccccc2F)c(C(=O)O)c1. The second-order valence-electron chi connectivity index (χ2n) is 4.05. The van der Waals surface area contributed by atoms with Crippen molar-refractivity contribution in [2.45, 2.75) is 6.61 Å². The van der Waals surface area contributed by atoms with Crippen molar-refractivity contribution >= 4 is 5.97 Å². The maximum atomic E-state index is 13.5. The zero-order valence-electron chi connectivity index (χ0n) is 10.8. The van der Waals surface area contributed by atoms with Crippen LogP contribution in [0.3, 0.4) is 0 Å². The number of hydrogen-bond donors (Lipinski definition) is 1. The third-order valence-corrected chi connectivity index (χ3v) is 2.76. The summed E-state index contributed by atoms with van der Waals surface area (Å²) in [6.45, 7) is -0.0424. The zero-order chi connectivity index (χ0) is 14.5. The Kier molecular flexibility index (Phi) is 4.20. The second-order valence-corrected chi connectivity index (χ2v) is 4.05. The van der Waals surface area contributed by atoms with E-state index in [-0.39, 0.29) is 17.9 Å². The molecule has 5 heteroatoms. The molecule has 104 valence electrons. The molecule has 2 aromatic carbocycles. The number of carboxylic acid groups (broad SMARTS) is 1. The number of ether oxygens (including phenoxy) is 2. The lowest BCUT2D eigenvalue weighted by Crippen LogP contribution is -2.04. The Labute approximate surface area is 115 Å². The first kappa shape index (κ1) is 13.9. The largest absolute Gasteiger partial charge is 0.497 e. The summed E-state index contributed by atoms with van der Waals surface area (Å²) in [4.78, 5) is 11.2. The molecule has 4 nitrogen and oxygen atoms in total. The van der Waals surface area contributed by atoms with Crippen molar-refractivity contribution in [2.24, 2.45) is 0 Å². The lowest BCUT2D eigenvalue weighted by molar-refractivity contribution is 0.0691. The van der Waals surface area contributed by atoms with Crippen LogP contribution in [0.5, 0.6) is 11.5 Å². The first-order chi connectivity index (χ1) is 9.61. The average Bonchev–Trinajstić information content (AvgIpc) is 2.46. The minimum absolute atomic E-state index is 0.0271. The molecule has 0 unspecified atom stereocenters. The van der Waals surface area contributed by atoms with Gasteiger partial charge in [0.1, 0.15) is 29.5 Å². The summed E-state index contributed by atoms with van der Waals surface area (Å²) in [5, 5.41) is 9.13. The fourth-order valence-corrected chi connectivity index (χ4v) is 1.70. The van der Waals surface area contributed by atoms with Gasteiger partial charge in [-0.15, -0.1) is 0 Å². The van der Waals surface area contributed by atoms with Crippen molar-refractivity contribution in [2.75, 3.05) is 7.11 Å². The zero-order valence-corrected chi connectivity index (χ0v) is 10.8. The van der Waals surface area contributed by atoms with Crippen LogP contribution in [0.15, 0.2) is 42.5 Å². The van der Waals surface area contributed by atoms with Gasteiger partial charge in [-0.05, 0) is 24.3 Å². The number of aromatic carboxylic acids is 1. The standard InChI is InChI=1S/C15H13FO4/c1-19-11-6-7-14(12(8-11)15(17)18)20-9-10-4-2-3-5-13(10)16/h2-8H,9H2,1H3,(H,17,18). The summed E-state index contributed by atoms with van der Waals surface area (Å²) >= 11 is 0.